The van der Waals surface area contributed by atoms with Crippen molar-refractivity contribution < 1.29 is 38.7 Å². The van der Waals surface area contributed by atoms with Gasteiger partial charge in [0.1, 0.15) is 36.9 Å². The first kappa shape index (κ1) is 48.4. The van der Waals surface area contributed by atoms with Gasteiger partial charge in [-0.25, -0.2) is 9.59 Å². The summed E-state index contributed by atoms with van der Waals surface area (Å²) in [7, 11) is 0. The van der Waals surface area contributed by atoms with E-state index in [-0.39, 0.29) is 24.3 Å². The molecule has 0 radical (unpaired) electrons. The molecule has 0 spiro atoms. The summed E-state index contributed by atoms with van der Waals surface area (Å²) < 4.78 is 24.2. The van der Waals surface area contributed by atoms with Crippen molar-refractivity contribution in [2.45, 2.75) is 52.0 Å². The molecule has 2 unspecified atom stereocenters. The molecule has 62 heavy (non-hydrogen) atoms. The van der Waals surface area contributed by atoms with Gasteiger partial charge in [0.05, 0.1) is 13.2 Å². The minimum absolute atomic E-state index is 0.0527. The number of aryl methyl sites for hydroxylation is 2. The Bertz CT molecular complexity index is 1910. The molecule has 0 amide bonds. The predicted molar refractivity (Wildman–Crippen MR) is 245 cm³/mol. The number of aliphatic carboxylic acids is 2. The van der Waals surface area contributed by atoms with E-state index in [0.29, 0.717) is 26.4 Å². The standard InChI is InChI=1S/2C25H29NO2.C2H2O4/c2*1-20-10-9-15-24(18-20)28-19-21(2)26-16-17-27-25(22-11-5-3-6-12-22)23-13-7-4-8-14-23;3-1(4)2(5)6/h2*3-15,18,21,25-26H,16-17,19H2,1-2H3;(H,3,4)(H,5,6). The van der Waals surface area contributed by atoms with E-state index >= 15 is 0 Å². The second kappa shape index (κ2) is 27.5. The van der Waals surface area contributed by atoms with Crippen LogP contribution in [0.25, 0.3) is 0 Å². The number of hydrogen-bond acceptors (Lipinski definition) is 8. The van der Waals surface area contributed by atoms with Gasteiger partial charge in [-0.2, -0.15) is 0 Å². The molecular weight excluding hydrogens is 781 g/mol. The lowest BCUT2D eigenvalue weighted by Crippen LogP contribution is -2.34. The number of carboxylic acids is 2. The van der Waals surface area contributed by atoms with Gasteiger partial charge in [-0.3, -0.25) is 0 Å². The van der Waals surface area contributed by atoms with Crippen LogP contribution in [-0.4, -0.2) is 73.8 Å². The minimum Gasteiger partial charge on any atom is -0.492 e. The van der Waals surface area contributed by atoms with Gasteiger partial charge in [-0.05, 0) is 85.3 Å². The summed E-state index contributed by atoms with van der Waals surface area (Å²) in [6.07, 6.45) is -0.105. The maximum atomic E-state index is 9.10. The summed E-state index contributed by atoms with van der Waals surface area (Å²) >= 11 is 0. The number of ether oxygens (including phenoxy) is 4. The van der Waals surface area contributed by atoms with Crippen LogP contribution < -0.4 is 20.1 Å². The van der Waals surface area contributed by atoms with Crippen LogP contribution in [-0.2, 0) is 19.1 Å². The summed E-state index contributed by atoms with van der Waals surface area (Å²) in [6.45, 7) is 12.5. The van der Waals surface area contributed by atoms with Gasteiger partial charge in [0.25, 0.3) is 0 Å². The van der Waals surface area contributed by atoms with Crippen molar-refractivity contribution in [3.63, 3.8) is 0 Å². The molecule has 10 heteroatoms. The van der Waals surface area contributed by atoms with Gasteiger partial charge < -0.3 is 39.8 Å². The Hall–Kier alpha value is -6.30. The molecule has 326 valence electrons. The second-order valence-electron chi connectivity index (χ2n) is 14.7. The second-order valence-corrected chi connectivity index (χ2v) is 14.7. The molecule has 0 heterocycles. The summed E-state index contributed by atoms with van der Waals surface area (Å²) in [5, 5.41) is 21.7. The Balaban J connectivity index is 0.000000241. The third-order valence-electron chi connectivity index (χ3n) is 9.33. The Labute approximate surface area is 366 Å². The summed E-state index contributed by atoms with van der Waals surface area (Å²) in [5.41, 5.74) is 7.10. The molecule has 10 nitrogen and oxygen atoms in total. The highest BCUT2D eigenvalue weighted by Gasteiger charge is 2.16. The lowest BCUT2D eigenvalue weighted by Gasteiger charge is -2.20. The summed E-state index contributed by atoms with van der Waals surface area (Å²) in [6, 6.07) is 58.2. The summed E-state index contributed by atoms with van der Waals surface area (Å²) in [4.78, 5) is 18.2. The molecular formula is C52H60N2O8. The van der Waals surface area contributed by atoms with E-state index in [1.165, 1.54) is 33.4 Å². The van der Waals surface area contributed by atoms with E-state index in [1.807, 2.05) is 48.5 Å². The molecule has 0 aliphatic carbocycles. The van der Waals surface area contributed by atoms with E-state index in [0.717, 1.165) is 24.6 Å². The first-order valence-corrected chi connectivity index (χ1v) is 20.8. The highest BCUT2D eigenvalue weighted by atomic mass is 16.5. The van der Waals surface area contributed by atoms with Crippen LogP contribution in [0, 0.1) is 13.8 Å². The minimum atomic E-state index is -1.82. The molecule has 0 aliphatic rings. The Morgan fingerprint density at radius 3 is 1.05 bits per heavy atom. The van der Waals surface area contributed by atoms with Crippen molar-refractivity contribution in [3.05, 3.63) is 203 Å². The quantitative estimate of drug-likeness (QED) is 0.0435. The molecule has 0 aromatic heterocycles. The monoisotopic (exact) mass is 840 g/mol. The SMILES string of the molecule is Cc1cccc(OCC(C)NCCOC(c2ccccc2)c2ccccc2)c1.Cc1cccc(OCC(C)NCCOC(c2ccccc2)c2ccccc2)c1.O=C(O)C(=O)O. The zero-order valence-electron chi connectivity index (χ0n) is 36.1. The number of benzene rings is 6. The first-order valence-electron chi connectivity index (χ1n) is 20.8. The molecule has 2 atom stereocenters. The molecule has 0 bridgehead atoms. The fourth-order valence-corrected chi connectivity index (χ4v) is 6.22. The largest absolute Gasteiger partial charge is 0.492 e. The molecule has 0 saturated carbocycles. The smallest absolute Gasteiger partial charge is 0.414 e. The molecule has 6 rings (SSSR count). The molecule has 6 aromatic rings. The van der Waals surface area contributed by atoms with Gasteiger partial charge >= 0.3 is 11.9 Å². The number of carboxylic acid groups (broad SMARTS) is 2. The van der Waals surface area contributed by atoms with E-state index < -0.39 is 11.9 Å². The molecule has 4 N–H and O–H groups in total. The van der Waals surface area contributed by atoms with Crippen LogP contribution in [0.3, 0.4) is 0 Å². The van der Waals surface area contributed by atoms with Crippen LogP contribution in [0.1, 0.15) is 59.4 Å². The van der Waals surface area contributed by atoms with Gasteiger partial charge in [-0.1, -0.05) is 146 Å². The van der Waals surface area contributed by atoms with Gasteiger partial charge in [0.15, 0.2) is 0 Å². The molecule has 0 saturated heterocycles. The number of nitrogens with one attached hydrogen (secondary N) is 2. The van der Waals surface area contributed by atoms with E-state index in [9.17, 15) is 0 Å². The highest BCUT2D eigenvalue weighted by Crippen LogP contribution is 2.27. The van der Waals surface area contributed by atoms with Crippen molar-refractivity contribution in [2.75, 3.05) is 39.5 Å². The predicted octanol–water partition coefficient (Wildman–Crippen LogP) is 9.47. The normalized spacial score (nSPS) is 11.6. The van der Waals surface area contributed by atoms with Gasteiger partial charge in [-0.15, -0.1) is 0 Å². The van der Waals surface area contributed by atoms with Crippen molar-refractivity contribution in [3.8, 4) is 11.5 Å². The van der Waals surface area contributed by atoms with Crippen LogP contribution in [0.4, 0.5) is 0 Å². The Morgan fingerprint density at radius 2 is 0.774 bits per heavy atom. The fraction of sp³-hybridized carbons (Fsp3) is 0.269. The van der Waals surface area contributed by atoms with Crippen LogP contribution >= 0.6 is 0 Å². The molecule has 0 fully saturated rings. The number of carbonyl (C=O) groups is 2. The van der Waals surface area contributed by atoms with Crippen LogP contribution in [0.5, 0.6) is 11.5 Å². The van der Waals surface area contributed by atoms with E-state index in [2.05, 4.69) is 160 Å². The zero-order valence-corrected chi connectivity index (χ0v) is 36.1. The zero-order chi connectivity index (χ0) is 44.4. The van der Waals surface area contributed by atoms with Crippen molar-refractivity contribution >= 4 is 11.9 Å². The van der Waals surface area contributed by atoms with Gasteiger partial charge in [0.2, 0.25) is 0 Å². The maximum absolute atomic E-state index is 9.10. The third kappa shape index (κ3) is 18.5. The van der Waals surface area contributed by atoms with Crippen molar-refractivity contribution in [2.24, 2.45) is 0 Å². The topological polar surface area (TPSA) is 136 Å². The average molecular weight is 841 g/mol. The van der Waals surface area contributed by atoms with E-state index in [1.54, 1.807) is 0 Å². The third-order valence-corrected chi connectivity index (χ3v) is 9.33. The Morgan fingerprint density at radius 1 is 0.468 bits per heavy atom. The molecule has 6 aromatic carbocycles. The van der Waals surface area contributed by atoms with E-state index in [4.69, 9.17) is 38.7 Å². The van der Waals surface area contributed by atoms with Crippen molar-refractivity contribution in [1.82, 2.24) is 10.6 Å². The lowest BCUT2D eigenvalue weighted by atomic mass is 10.0. The fourth-order valence-electron chi connectivity index (χ4n) is 6.22. The average Bonchev–Trinajstić information content (AvgIpc) is 3.29. The summed E-state index contributed by atoms with van der Waals surface area (Å²) in [5.74, 6) is -1.82. The highest BCUT2D eigenvalue weighted by molar-refractivity contribution is 6.27. The van der Waals surface area contributed by atoms with Crippen LogP contribution in [0.2, 0.25) is 0 Å². The number of rotatable bonds is 20. The van der Waals surface area contributed by atoms with Crippen molar-refractivity contribution in [1.29, 1.82) is 0 Å². The first-order chi connectivity index (χ1) is 30.1. The number of hydrogen-bond donors (Lipinski definition) is 4. The lowest BCUT2D eigenvalue weighted by molar-refractivity contribution is -0.159. The van der Waals surface area contributed by atoms with Crippen LogP contribution in [0.15, 0.2) is 170 Å². The maximum Gasteiger partial charge on any atom is 0.414 e. The Kier molecular flexibility index (Phi) is 21.5. The van der Waals surface area contributed by atoms with Gasteiger partial charge in [0, 0.05) is 25.2 Å². The molecule has 0 aliphatic heterocycles.